The van der Waals surface area contributed by atoms with Gasteiger partial charge in [-0.2, -0.15) is 0 Å². The first-order valence-electron chi connectivity index (χ1n) is 17.8. The number of hydrogen-bond donors (Lipinski definition) is 3. The van der Waals surface area contributed by atoms with Crippen LogP contribution in [0.2, 0.25) is 0 Å². The van der Waals surface area contributed by atoms with Gasteiger partial charge in [0.05, 0.1) is 5.52 Å². The van der Waals surface area contributed by atoms with Crippen LogP contribution in [0.3, 0.4) is 0 Å². The summed E-state index contributed by atoms with van der Waals surface area (Å²) in [5.41, 5.74) is 8.65. The molecule has 0 spiro atoms. The van der Waals surface area contributed by atoms with Crippen molar-refractivity contribution in [2.45, 2.75) is 97.7 Å². The Morgan fingerprint density at radius 2 is 1.54 bits per heavy atom. The number of nitrogens with zero attached hydrogens (tertiary/aromatic N) is 3. The lowest BCUT2D eigenvalue weighted by Crippen LogP contribution is -2.44. The number of alkyl carbamates (subject to hydrolysis) is 2. The van der Waals surface area contributed by atoms with Crippen LogP contribution in [0.15, 0.2) is 60.7 Å². The molecule has 4 aromatic rings. The smallest absolute Gasteiger partial charge is 0.408 e. The first-order chi connectivity index (χ1) is 25.5. The molecule has 4 N–H and O–H groups in total. The molecule has 3 amide bonds. The van der Waals surface area contributed by atoms with E-state index in [1.54, 1.807) is 64.6 Å². The summed E-state index contributed by atoms with van der Waals surface area (Å²) < 4.78 is 31.1. The molecule has 13 nitrogen and oxygen atoms in total. The molecule has 1 aliphatic heterocycles. The minimum atomic E-state index is -1.07. The zero-order valence-corrected chi connectivity index (χ0v) is 31.5. The highest BCUT2D eigenvalue weighted by Gasteiger charge is 2.28. The van der Waals surface area contributed by atoms with Crippen molar-refractivity contribution in [1.82, 2.24) is 25.5 Å². The topological polar surface area (TPSA) is 175 Å². The molecule has 2 heterocycles. The monoisotopic (exact) mass is 742 g/mol. The number of benzene rings is 3. The van der Waals surface area contributed by atoms with E-state index >= 15 is 0 Å². The summed E-state index contributed by atoms with van der Waals surface area (Å²) in [5, 5.41) is 5.70. The van der Waals surface area contributed by atoms with Gasteiger partial charge in [0.2, 0.25) is 5.95 Å². The van der Waals surface area contributed by atoms with Crippen LogP contribution in [0, 0.1) is 5.82 Å². The quantitative estimate of drug-likeness (QED) is 0.0842. The molecule has 3 aromatic carbocycles. The van der Waals surface area contributed by atoms with Gasteiger partial charge >= 0.3 is 18.2 Å². The van der Waals surface area contributed by atoms with Crippen LogP contribution in [0.5, 0.6) is 0 Å². The van der Waals surface area contributed by atoms with Gasteiger partial charge in [-0.1, -0.05) is 36.4 Å². The number of carbonyl (C=O) groups excluding carboxylic acids is 4. The van der Waals surface area contributed by atoms with Gasteiger partial charge in [-0.05, 0) is 113 Å². The minimum absolute atomic E-state index is 0.0532. The Kier molecular flexibility index (Phi) is 12.0. The molecule has 286 valence electrons. The zero-order chi connectivity index (χ0) is 39.2. The number of anilines is 1. The van der Waals surface area contributed by atoms with Crippen molar-refractivity contribution in [2.24, 2.45) is 0 Å². The van der Waals surface area contributed by atoms with Crippen LogP contribution in [0.25, 0.3) is 22.0 Å². The number of unbranched alkanes of at least 4 members (excludes halogenated alkanes) is 1. The first-order valence-corrected chi connectivity index (χ1v) is 17.8. The number of rotatable bonds is 11. The third-order valence-electron chi connectivity index (χ3n) is 8.36. The van der Waals surface area contributed by atoms with E-state index in [0.29, 0.717) is 60.1 Å². The summed E-state index contributed by atoms with van der Waals surface area (Å²) in [6.45, 7) is 11.3. The Bertz CT molecular complexity index is 2020. The predicted octanol–water partition coefficient (Wildman–Crippen LogP) is 6.81. The highest BCUT2D eigenvalue weighted by molar-refractivity contribution is 6.06. The Morgan fingerprint density at radius 1 is 0.870 bits per heavy atom. The lowest BCUT2D eigenvalue weighted by atomic mass is 9.97. The molecule has 1 aliphatic rings. The molecule has 0 saturated heterocycles. The molecule has 0 radical (unpaired) electrons. The minimum Gasteiger partial charge on any atom is -0.459 e. The van der Waals surface area contributed by atoms with Crippen molar-refractivity contribution < 1.29 is 37.8 Å². The highest BCUT2D eigenvalue weighted by Crippen LogP contribution is 2.31. The first kappa shape index (κ1) is 39.4. The molecular formula is C40H47FN6O7. The molecule has 1 aromatic heterocycles. The van der Waals surface area contributed by atoms with Crippen LogP contribution in [-0.2, 0) is 38.7 Å². The second-order valence-electron chi connectivity index (χ2n) is 15.1. The average molecular weight is 743 g/mol. The lowest BCUT2D eigenvalue weighted by molar-refractivity contribution is -0.147. The molecule has 0 fully saturated rings. The summed E-state index contributed by atoms with van der Waals surface area (Å²) in [4.78, 5) is 62.3. The average Bonchev–Trinajstić information content (AvgIpc) is 3.52. The maximum Gasteiger partial charge on any atom is 0.408 e. The number of nitrogens with two attached hydrogens (primary N) is 1. The van der Waals surface area contributed by atoms with Crippen molar-refractivity contribution in [1.29, 1.82) is 0 Å². The van der Waals surface area contributed by atoms with Crippen LogP contribution in [0.1, 0.15) is 88.0 Å². The number of fused-ring (bicyclic) bond motifs is 2. The van der Waals surface area contributed by atoms with Crippen molar-refractivity contribution in [2.75, 3.05) is 12.3 Å². The van der Waals surface area contributed by atoms with Crippen LogP contribution in [0.4, 0.5) is 19.9 Å². The number of amides is 3. The van der Waals surface area contributed by atoms with E-state index in [0.717, 1.165) is 11.1 Å². The van der Waals surface area contributed by atoms with E-state index < -0.39 is 41.2 Å². The van der Waals surface area contributed by atoms with Gasteiger partial charge in [-0.15, -0.1) is 0 Å². The fourth-order valence-electron chi connectivity index (χ4n) is 5.97. The number of hydrogen-bond acceptors (Lipinski definition) is 10. The van der Waals surface area contributed by atoms with E-state index in [-0.39, 0.29) is 30.6 Å². The van der Waals surface area contributed by atoms with Gasteiger partial charge in [0.25, 0.3) is 5.91 Å². The van der Waals surface area contributed by atoms with Crippen molar-refractivity contribution >= 4 is 40.9 Å². The summed E-state index contributed by atoms with van der Waals surface area (Å²) in [6.07, 6.45) is -0.212. The summed E-state index contributed by atoms with van der Waals surface area (Å²) in [7, 11) is 0. The van der Waals surface area contributed by atoms with Crippen LogP contribution < -0.4 is 16.4 Å². The Morgan fingerprint density at radius 3 is 2.20 bits per heavy atom. The molecule has 54 heavy (non-hydrogen) atoms. The highest BCUT2D eigenvalue weighted by atomic mass is 19.1. The third-order valence-corrected chi connectivity index (χ3v) is 8.36. The molecule has 1 unspecified atom stereocenters. The molecule has 1 atom stereocenters. The number of carbonyl (C=O) groups is 4. The zero-order valence-electron chi connectivity index (χ0n) is 31.5. The van der Waals surface area contributed by atoms with Gasteiger partial charge in [-0.3, -0.25) is 4.79 Å². The van der Waals surface area contributed by atoms with E-state index in [1.807, 2.05) is 24.3 Å². The lowest BCUT2D eigenvalue weighted by Gasteiger charge is -2.23. The predicted molar refractivity (Wildman–Crippen MR) is 200 cm³/mol. The second kappa shape index (κ2) is 16.5. The largest absolute Gasteiger partial charge is 0.459 e. The number of nitrogens with one attached hydrogen (secondary N) is 2. The Hall–Kier alpha value is -5.79. The van der Waals surface area contributed by atoms with Crippen molar-refractivity contribution in [3.8, 4) is 11.1 Å². The Balaban J connectivity index is 1.33. The van der Waals surface area contributed by atoms with Crippen molar-refractivity contribution in [3.05, 3.63) is 88.9 Å². The number of esters is 1. The number of nitrogen functional groups attached to an aromatic ring is 1. The summed E-state index contributed by atoms with van der Waals surface area (Å²) in [5.74, 6) is -1.62. The van der Waals surface area contributed by atoms with Gasteiger partial charge in [0.1, 0.15) is 35.4 Å². The van der Waals surface area contributed by atoms with E-state index in [4.69, 9.17) is 19.9 Å². The number of aromatic nitrogens is 2. The molecule has 5 rings (SSSR count). The van der Waals surface area contributed by atoms with Crippen LogP contribution in [-0.4, -0.2) is 62.7 Å². The van der Waals surface area contributed by atoms with E-state index in [2.05, 4.69) is 20.6 Å². The molecular weight excluding hydrogens is 695 g/mol. The number of ether oxygens (including phenoxy) is 3. The van der Waals surface area contributed by atoms with Crippen molar-refractivity contribution in [3.63, 3.8) is 0 Å². The van der Waals surface area contributed by atoms with E-state index in [9.17, 15) is 23.6 Å². The molecule has 14 heteroatoms. The van der Waals surface area contributed by atoms with Gasteiger partial charge in [0.15, 0.2) is 0 Å². The van der Waals surface area contributed by atoms with Gasteiger partial charge in [-0.25, -0.2) is 28.7 Å². The SMILES string of the molecule is CC(C)(C)OC(=O)NCCCCC(NC(=O)OC(C)(C)C)C(=O)OCc1ccc(F)cc1-c1ccc2nc(N)nc(C(=O)N3Cc4ccccc4C3)c2c1. The fourth-order valence-corrected chi connectivity index (χ4v) is 5.97. The van der Waals surface area contributed by atoms with Gasteiger partial charge < -0.3 is 35.5 Å². The summed E-state index contributed by atoms with van der Waals surface area (Å²) in [6, 6.07) is 15.9. The van der Waals surface area contributed by atoms with Gasteiger partial charge in [0, 0.05) is 25.0 Å². The maximum absolute atomic E-state index is 14.8. The standard InChI is InChI=1S/C40H47FN6O7/c1-39(2,3)53-37(50)43-18-10-9-13-32(45-38(51)54-40(4,5)6)35(49)52-23-27-14-16-28(41)20-29(27)24-15-17-31-30(19-24)33(46-36(42)44-31)34(48)47-21-25-11-7-8-12-26(25)22-47/h7-8,11-12,14-17,19-20,32H,9-10,13,18,21-23H2,1-6H3,(H,43,50)(H,45,51)(H2,42,44,46). The van der Waals surface area contributed by atoms with E-state index in [1.165, 1.54) is 18.2 Å². The van der Waals surface area contributed by atoms with Crippen LogP contribution >= 0.6 is 0 Å². The molecule has 0 bridgehead atoms. The second-order valence-corrected chi connectivity index (χ2v) is 15.1. The molecule has 0 aliphatic carbocycles. The normalized spacial score (nSPS) is 13.2. The molecule has 0 saturated carbocycles. The maximum atomic E-state index is 14.8. The third kappa shape index (κ3) is 10.6. The number of halogens is 1. The fraction of sp³-hybridized carbons (Fsp3) is 0.400. The summed E-state index contributed by atoms with van der Waals surface area (Å²) >= 11 is 0. The Labute approximate surface area is 313 Å².